The van der Waals surface area contributed by atoms with Gasteiger partial charge in [0.2, 0.25) is 0 Å². The van der Waals surface area contributed by atoms with E-state index in [4.69, 9.17) is 26.2 Å². The third kappa shape index (κ3) is 4.62. The highest BCUT2D eigenvalue weighted by Gasteiger charge is 2.12. The van der Waals surface area contributed by atoms with Gasteiger partial charge >= 0.3 is 5.97 Å². The van der Waals surface area contributed by atoms with Gasteiger partial charge in [0, 0.05) is 9.50 Å². The van der Waals surface area contributed by atoms with Crippen LogP contribution in [0.25, 0.3) is 0 Å². The van der Waals surface area contributed by atoms with Crippen LogP contribution in [-0.2, 0) is 0 Å². The number of rotatable bonds is 6. The van der Waals surface area contributed by atoms with Gasteiger partial charge in [-0.2, -0.15) is 0 Å². The van der Waals surface area contributed by atoms with Crippen LogP contribution in [0.5, 0.6) is 11.5 Å². The quantitative estimate of drug-likeness (QED) is 0.704. The number of aryl methyl sites for hydroxylation is 2. The summed E-state index contributed by atoms with van der Waals surface area (Å²) in [5.74, 6) is -0.0128. The van der Waals surface area contributed by atoms with Crippen molar-refractivity contribution in [2.45, 2.75) is 13.8 Å². The van der Waals surface area contributed by atoms with Crippen LogP contribution in [0.15, 0.2) is 34.8 Å². The van der Waals surface area contributed by atoms with Gasteiger partial charge < -0.3 is 14.6 Å². The molecule has 0 aliphatic rings. The van der Waals surface area contributed by atoms with Gasteiger partial charge in [-0.1, -0.05) is 27.5 Å². The highest BCUT2D eigenvalue weighted by Crippen LogP contribution is 2.26. The first-order valence-corrected chi connectivity index (χ1v) is 8.10. The summed E-state index contributed by atoms with van der Waals surface area (Å²) in [6.45, 7) is 4.37. The molecule has 0 bridgehead atoms. The van der Waals surface area contributed by atoms with Gasteiger partial charge in [0.1, 0.15) is 30.3 Å². The average molecular weight is 400 g/mol. The molecule has 0 aliphatic heterocycles. The first kappa shape index (κ1) is 17.6. The van der Waals surface area contributed by atoms with Crippen LogP contribution in [0, 0.1) is 13.8 Å². The van der Waals surface area contributed by atoms with E-state index in [1.54, 1.807) is 12.1 Å². The molecule has 0 fully saturated rings. The summed E-state index contributed by atoms with van der Waals surface area (Å²) >= 11 is 9.35. The predicted molar refractivity (Wildman–Crippen MR) is 93.0 cm³/mol. The van der Waals surface area contributed by atoms with E-state index in [0.29, 0.717) is 22.6 Å². The van der Waals surface area contributed by atoms with Crippen LogP contribution in [0.4, 0.5) is 0 Å². The maximum atomic E-state index is 11.2. The molecule has 0 aliphatic carbocycles. The number of halogens is 2. The highest BCUT2D eigenvalue weighted by molar-refractivity contribution is 9.10. The minimum absolute atomic E-state index is 0.109. The molecule has 23 heavy (non-hydrogen) atoms. The van der Waals surface area contributed by atoms with Gasteiger partial charge in [-0.25, -0.2) is 4.79 Å². The summed E-state index contributed by atoms with van der Waals surface area (Å²) in [5.41, 5.74) is 2.00. The number of carboxylic acid groups (broad SMARTS) is 1. The molecule has 122 valence electrons. The minimum atomic E-state index is -1.04. The molecule has 0 spiro atoms. The lowest BCUT2D eigenvalue weighted by Crippen LogP contribution is -2.11. The first-order valence-electron chi connectivity index (χ1n) is 6.93. The Bertz CT molecular complexity index is 708. The summed E-state index contributed by atoms with van der Waals surface area (Å²) < 4.78 is 11.8. The lowest BCUT2D eigenvalue weighted by Gasteiger charge is -2.12. The van der Waals surface area contributed by atoms with Crippen molar-refractivity contribution in [1.29, 1.82) is 0 Å². The largest absolute Gasteiger partial charge is 0.490 e. The molecule has 0 saturated carbocycles. The lowest BCUT2D eigenvalue weighted by atomic mass is 10.1. The molecule has 0 aromatic heterocycles. The van der Waals surface area contributed by atoms with Gasteiger partial charge in [0.15, 0.2) is 0 Å². The van der Waals surface area contributed by atoms with Crippen LogP contribution < -0.4 is 9.47 Å². The Labute approximate surface area is 148 Å². The summed E-state index contributed by atoms with van der Waals surface area (Å²) in [5, 5.41) is 9.90. The Morgan fingerprint density at radius 3 is 2.35 bits per heavy atom. The zero-order valence-electron chi connectivity index (χ0n) is 12.7. The second kappa shape index (κ2) is 7.70. The number of aromatic carboxylic acids is 1. The maximum absolute atomic E-state index is 11.2. The number of hydrogen-bond acceptors (Lipinski definition) is 3. The number of carbonyl (C=O) groups is 1. The molecule has 4 nitrogen and oxygen atoms in total. The Kier molecular flexibility index (Phi) is 5.91. The van der Waals surface area contributed by atoms with E-state index in [0.717, 1.165) is 16.1 Å². The van der Waals surface area contributed by atoms with E-state index in [1.165, 1.54) is 6.07 Å². The molecule has 2 rings (SSSR count). The van der Waals surface area contributed by atoms with Crippen LogP contribution in [0.3, 0.4) is 0 Å². The average Bonchev–Trinajstić information content (AvgIpc) is 2.50. The third-order valence-corrected chi connectivity index (χ3v) is 4.28. The van der Waals surface area contributed by atoms with Crippen LogP contribution in [-0.4, -0.2) is 24.3 Å². The third-order valence-electron chi connectivity index (χ3n) is 3.19. The minimum Gasteiger partial charge on any atom is -0.490 e. The van der Waals surface area contributed by atoms with Crippen molar-refractivity contribution in [2.24, 2.45) is 0 Å². The topological polar surface area (TPSA) is 55.8 Å². The van der Waals surface area contributed by atoms with Crippen molar-refractivity contribution in [1.82, 2.24) is 0 Å². The number of ether oxygens (including phenoxy) is 2. The number of hydrogen-bond donors (Lipinski definition) is 1. The van der Waals surface area contributed by atoms with E-state index in [9.17, 15) is 4.79 Å². The van der Waals surface area contributed by atoms with Crippen molar-refractivity contribution in [3.8, 4) is 11.5 Å². The molecule has 0 unspecified atom stereocenters. The molecule has 0 amide bonds. The van der Waals surface area contributed by atoms with Crippen LogP contribution in [0.1, 0.15) is 21.5 Å². The Hall–Kier alpha value is -1.72. The number of carboxylic acids is 1. The van der Waals surface area contributed by atoms with Crippen LogP contribution in [0.2, 0.25) is 5.02 Å². The van der Waals surface area contributed by atoms with E-state index >= 15 is 0 Å². The van der Waals surface area contributed by atoms with Crippen molar-refractivity contribution in [2.75, 3.05) is 13.2 Å². The fraction of sp³-hybridized carbons (Fsp3) is 0.235. The predicted octanol–water partition coefficient (Wildman–Crippen LogP) is 4.88. The fourth-order valence-electron chi connectivity index (χ4n) is 2.10. The fourth-order valence-corrected chi connectivity index (χ4v) is 2.57. The van der Waals surface area contributed by atoms with Crippen LogP contribution >= 0.6 is 27.5 Å². The normalized spacial score (nSPS) is 10.4. The molecule has 0 saturated heterocycles. The van der Waals surface area contributed by atoms with E-state index in [-0.39, 0.29) is 12.2 Å². The molecule has 6 heteroatoms. The van der Waals surface area contributed by atoms with Crippen molar-refractivity contribution in [3.63, 3.8) is 0 Å². The Balaban J connectivity index is 1.95. The van der Waals surface area contributed by atoms with Crippen molar-refractivity contribution < 1.29 is 19.4 Å². The SMILES string of the molecule is Cc1cc(OCCOc2ccc(Br)cc2C(=O)O)cc(C)c1Cl. The molecule has 0 radical (unpaired) electrons. The van der Waals surface area contributed by atoms with Gasteiger partial charge in [-0.05, 0) is 55.3 Å². The Morgan fingerprint density at radius 1 is 1.13 bits per heavy atom. The molecule has 0 heterocycles. The maximum Gasteiger partial charge on any atom is 0.339 e. The molecule has 2 aromatic rings. The van der Waals surface area contributed by atoms with Gasteiger partial charge in [0.05, 0.1) is 0 Å². The summed E-state index contributed by atoms with van der Waals surface area (Å²) in [6.07, 6.45) is 0. The standard InChI is InChI=1S/C17H16BrClO4/c1-10-7-13(8-11(2)16(10)19)22-5-6-23-15-4-3-12(18)9-14(15)17(20)21/h3-4,7-9H,5-6H2,1-2H3,(H,20,21). The van der Waals surface area contributed by atoms with Crippen molar-refractivity contribution >= 4 is 33.5 Å². The van der Waals surface area contributed by atoms with Gasteiger partial charge in [0.25, 0.3) is 0 Å². The summed E-state index contributed by atoms with van der Waals surface area (Å²) in [7, 11) is 0. The monoisotopic (exact) mass is 398 g/mol. The smallest absolute Gasteiger partial charge is 0.339 e. The van der Waals surface area contributed by atoms with E-state index < -0.39 is 5.97 Å². The molecule has 0 atom stereocenters. The second-order valence-electron chi connectivity index (χ2n) is 5.01. The lowest BCUT2D eigenvalue weighted by molar-refractivity contribution is 0.0691. The highest BCUT2D eigenvalue weighted by atomic mass is 79.9. The zero-order chi connectivity index (χ0) is 17.0. The summed E-state index contributed by atoms with van der Waals surface area (Å²) in [4.78, 5) is 11.2. The molecule has 1 N–H and O–H groups in total. The summed E-state index contributed by atoms with van der Waals surface area (Å²) in [6, 6.07) is 8.57. The van der Waals surface area contributed by atoms with Crippen molar-refractivity contribution in [3.05, 3.63) is 56.5 Å². The van der Waals surface area contributed by atoms with E-state index in [1.807, 2.05) is 26.0 Å². The second-order valence-corrected chi connectivity index (χ2v) is 6.31. The van der Waals surface area contributed by atoms with Gasteiger partial charge in [-0.15, -0.1) is 0 Å². The van der Waals surface area contributed by atoms with Gasteiger partial charge in [-0.3, -0.25) is 0 Å². The Morgan fingerprint density at radius 2 is 1.74 bits per heavy atom. The molecular formula is C17H16BrClO4. The zero-order valence-corrected chi connectivity index (χ0v) is 15.1. The first-order chi connectivity index (χ1) is 10.9. The molecular weight excluding hydrogens is 384 g/mol. The van der Waals surface area contributed by atoms with E-state index in [2.05, 4.69) is 15.9 Å². The number of benzene rings is 2. The molecule has 2 aromatic carbocycles.